The van der Waals surface area contributed by atoms with Crippen LogP contribution in [-0.2, 0) is 6.54 Å². The fraction of sp³-hybridized carbons (Fsp3) is 0.250. The van der Waals surface area contributed by atoms with Gasteiger partial charge >= 0.3 is 5.69 Å². The first-order valence-corrected chi connectivity index (χ1v) is 6.21. The quantitative estimate of drug-likeness (QED) is 0.805. The zero-order valence-electron chi connectivity index (χ0n) is 10.1. The van der Waals surface area contributed by atoms with Crippen LogP contribution in [0.2, 0.25) is 5.02 Å². The van der Waals surface area contributed by atoms with E-state index in [4.69, 9.17) is 16.9 Å². The predicted octanol–water partition coefficient (Wildman–Crippen LogP) is 0.702. The Kier molecular flexibility index (Phi) is 2.78. The molecule has 1 aliphatic rings. The van der Waals surface area contributed by atoms with Crippen molar-refractivity contribution in [2.24, 2.45) is 0 Å². The highest BCUT2D eigenvalue weighted by atomic mass is 35.5. The Morgan fingerprint density at radius 2 is 2.30 bits per heavy atom. The molecule has 0 aliphatic carbocycles. The number of nitrogens with zero attached hydrogens (tertiary/aromatic N) is 4. The molecule has 102 valence electrons. The standard InChI is InChI=1S/C12H9ClN4O3/c13-7-3-6(5-15-8(7)4-14)17-11(19)10-9(18)1-2-16(10)12(17)20/h3,5,9,18-19H,1-2H2/t9-/m1/s1. The van der Waals surface area contributed by atoms with E-state index < -0.39 is 11.8 Å². The molecule has 7 nitrogen and oxygen atoms in total. The van der Waals surface area contributed by atoms with Crippen LogP contribution in [0.4, 0.5) is 0 Å². The molecule has 20 heavy (non-hydrogen) atoms. The third-order valence-electron chi connectivity index (χ3n) is 3.29. The van der Waals surface area contributed by atoms with Crippen molar-refractivity contribution in [1.82, 2.24) is 14.1 Å². The molecule has 0 saturated carbocycles. The minimum Gasteiger partial charge on any atom is -0.493 e. The normalized spacial score (nSPS) is 16.9. The van der Waals surface area contributed by atoms with Crippen molar-refractivity contribution < 1.29 is 10.2 Å². The lowest BCUT2D eigenvalue weighted by Gasteiger charge is -2.06. The van der Waals surface area contributed by atoms with Crippen LogP contribution in [0.15, 0.2) is 17.1 Å². The molecular weight excluding hydrogens is 284 g/mol. The number of imidazole rings is 1. The summed E-state index contributed by atoms with van der Waals surface area (Å²) in [7, 11) is 0. The molecule has 2 aromatic rings. The third kappa shape index (κ3) is 1.62. The number of hydrogen-bond donors (Lipinski definition) is 2. The Morgan fingerprint density at radius 1 is 1.55 bits per heavy atom. The van der Waals surface area contributed by atoms with Crippen LogP contribution in [0.25, 0.3) is 5.69 Å². The summed E-state index contributed by atoms with van der Waals surface area (Å²) in [5.41, 5.74) is -0.00699. The lowest BCUT2D eigenvalue weighted by Crippen LogP contribution is -2.22. The first-order valence-electron chi connectivity index (χ1n) is 5.83. The van der Waals surface area contributed by atoms with Gasteiger partial charge in [0.2, 0.25) is 5.88 Å². The zero-order valence-corrected chi connectivity index (χ0v) is 10.9. The molecule has 0 spiro atoms. The summed E-state index contributed by atoms with van der Waals surface area (Å²) in [6.07, 6.45) is 0.796. The van der Waals surface area contributed by atoms with Crippen molar-refractivity contribution in [1.29, 1.82) is 5.26 Å². The second kappa shape index (κ2) is 4.37. The van der Waals surface area contributed by atoms with E-state index in [0.717, 1.165) is 4.57 Å². The highest BCUT2D eigenvalue weighted by Crippen LogP contribution is 2.33. The smallest absolute Gasteiger partial charge is 0.336 e. The number of aliphatic hydroxyl groups excluding tert-OH is 1. The molecule has 0 fully saturated rings. The average Bonchev–Trinajstić information content (AvgIpc) is 2.91. The summed E-state index contributed by atoms with van der Waals surface area (Å²) in [6, 6.07) is 3.18. The van der Waals surface area contributed by atoms with Gasteiger partial charge in [0, 0.05) is 6.54 Å². The highest BCUT2D eigenvalue weighted by molar-refractivity contribution is 6.31. The van der Waals surface area contributed by atoms with Crippen LogP contribution >= 0.6 is 11.6 Å². The summed E-state index contributed by atoms with van der Waals surface area (Å²) >= 11 is 5.87. The van der Waals surface area contributed by atoms with Crippen LogP contribution in [0.1, 0.15) is 23.9 Å². The number of rotatable bonds is 1. The Morgan fingerprint density at radius 3 is 2.90 bits per heavy atom. The average molecular weight is 293 g/mol. The molecule has 2 aromatic heterocycles. The van der Waals surface area contributed by atoms with E-state index in [-0.39, 0.29) is 28.0 Å². The number of nitriles is 1. The number of aromatic hydroxyl groups is 1. The van der Waals surface area contributed by atoms with Crippen molar-refractivity contribution in [3.05, 3.63) is 39.2 Å². The molecule has 0 bridgehead atoms. The van der Waals surface area contributed by atoms with Gasteiger partial charge in [0.1, 0.15) is 17.9 Å². The fourth-order valence-electron chi connectivity index (χ4n) is 2.35. The third-order valence-corrected chi connectivity index (χ3v) is 3.57. The summed E-state index contributed by atoms with van der Waals surface area (Å²) < 4.78 is 2.32. The minimum atomic E-state index is -0.870. The summed E-state index contributed by atoms with van der Waals surface area (Å²) in [5, 5.41) is 28.7. The summed E-state index contributed by atoms with van der Waals surface area (Å²) in [4.78, 5) is 16.0. The maximum Gasteiger partial charge on any atom is 0.336 e. The van der Waals surface area contributed by atoms with Crippen molar-refractivity contribution in [3.8, 4) is 17.6 Å². The Labute approximate surface area is 117 Å². The largest absolute Gasteiger partial charge is 0.493 e. The predicted molar refractivity (Wildman–Crippen MR) is 68.8 cm³/mol. The Bertz CT molecular complexity index is 802. The van der Waals surface area contributed by atoms with Gasteiger partial charge in [-0.1, -0.05) is 11.6 Å². The maximum atomic E-state index is 12.2. The fourth-order valence-corrected chi connectivity index (χ4v) is 2.55. The number of aliphatic hydroxyl groups is 1. The lowest BCUT2D eigenvalue weighted by atomic mass is 10.2. The van der Waals surface area contributed by atoms with Gasteiger partial charge < -0.3 is 10.2 Å². The van der Waals surface area contributed by atoms with Gasteiger partial charge in [0.15, 0.2) is 5.69 Å². The van der Waals surface area contributed by atoms with E-state index in [1.807, 2.05) is 6.07 Å². The van der Waals surface area contributed by atoms with Crippen molar-refractivity contribution in [2.75, 3.05) is 0 Å². The molecule has 0 unspecified atom stereocenters. The molecular formula is C12H9ClN4O3. The van der Waals surface area contributed by atoms with Gasteiger partial charge in [-0.05, 0) is 12.5 Å². The number of fused-ring (bicyclic) bond motifs is 1. The number of pyridine rings is 1. The monoisotopic (exact) mass is 292 g/mol. The SMILES string of the molecule is N#Cc1ncc(-n2c(O)c3n(c2=O)CC[C@H]3O)cc1Cl. The minimum absolute atomic E-state index is 0.0368. The van der Waals surface area contributed by atoms with Crippen molar-refractivity contribution in [2.45, 2.75) is 19.1 Å². The van der Waals surface area contributed by atoms with E-state index in [0.29, 0.717) is 13.0 Å². The molecule has 3 rings (SSSR count). The second-order valence-corrected chi connectivity index (χ2v) is 4.83. The van der Waals surface area contributed by atoms with Crippen molar-refractivity contribution in [3.63, 3.8) is 0 Å². The van der Waals surface area contributed by atoms with E-state index in [2.05, 4.69) is 4.98 Å². The Hall–Kier alpha value is -2.30. The molecule has 1 aliphatic heterocycles. The first-order chi connectivity index (χ1) is 9.54. The van der Waals surface area contributed by atoms with Gasteiger partial charge in [0.05, 0.1) is 16.9 Å². The van der Waals surface area contributed by atoms with E-state index in [9.17, 15) is 15.0 Å². The summed E-state index contributed by atoms with van der Waals surface area (Å²) in [5.74, 6) is -0.331. The van der Waals surface area contributed by atoms with Crippen LogP contribution in [0.5, 0.6) is 5.88 Å². The molecule has 0 radical (unpaired) electrons. The van der Waals surface area contributed by atoms with E-state index >= 15 is 0 Å². The molecule has 8 heteroatoms. The van der Waals surface area contributed by atoms with Gasteiger partial charge in [-0.25, -0.2) is 14.3 Å². The van der Waals surface area contributed by atoms with Gasteiger partial charge in [-0.3, -0.25) is 4.57 Å². The summed E-state index contributed by atoms with van der Waals surface area (Å²) in [6.45, 7) is 0.341. The number of hydrogen-bond acceptors (Lipinski definition) is 5. The molecule has 0 amide bonds. The van der Waals surface area contributed by atoms with Gasteiger partial charge in [-0.15, -0.1) is 0 Å². The number of aromatic nitrogens is 3. The molecule has 1 atom stereocenters. The van der Waals surface area contributed by atoms with Crippen LogP contribution < -0.4 is 5.69 Å². The number of halogens is 1. The lowest BCUT2D eigenvalue weighted by molar-refractivity contribution is 0.175. The van der Waals surface area contributed by atoms with Crippen LogP contribution in [0.3, 0.4) is 0 Å². The van der Waals surface area contributed by atoms with Crippen LogP contribution in [-0.4, -0.2) is 24.3 Å². The first kappa shape index (κ1) is 12.7. The van der Waals surface area contributed by atoms with Gasteiger partial charge in [-0.2, -0.15) is 5.26 Å². The van der Waals surface area contributed by atoms with Crippen molar-refractivity contribution >= 4 is 11.6 Å². The molecule has 0 aromatic carbocycles. The van der Waals surface area contributed by atoms with E-state index in [1.54, 1.807) is 0 Å². The van der Waals surface area contributed by atoms with Crippen LogP contribution in [0, 0.1) is 11.3 Å². The zero-order chi connectivity index (χ0) is 14.4. The second-order valence-electron chi connectivity index (χ2n) is 4.42. The Balaban J connectivity index is 2.22. The molecule has 2 N–H and O–H groups in total. The topological polar surface area (TPSA) is 104 Å². The van der Waals surface area contributed by atoms with Gasteiger partial charge in [0.25, 0.3) is 0 Å². The molecule has 3 heterocycles. The maximum absolute atomic E-state index is 12.2. The highest BCUT2D eigenvalue weighted by Gasteiger charge is 2.30. The van der Waals surface area contributed by atoms with E-state index in [1.165, 1.54) is 16.8 Å². The molecule has 0 saturated heterocycles.